The zero-order chi connectivity index (χ0) is 10.4. The van der Waals surface area contributed by atoms with Crippen LogP contribution in [0.15, 0.2) is 12.1 Å². The van der Waals surface area contributed by atoms with E-state index in [-0.39, 0.29) is 0 Å². The Morgan fingerprint density at radius 1 is 1.13 bits per heavy atom. The highest BCUT2D eigenvalue weighted by Crippen LogP contribution is 2.32. The summed E-state index contributed by atoms with van der Waals surface area (Å²) in [6.07, 6.45) is 0. The van der Waals surface area contributed by atoms with Gasteiger partial charge in [-0.05, 0) is 12.1 Å². The summed E-state index contributed by atoms with van der Waals surface area (Å²) >= 11 is 3.12. The first-order valence-electron chi connectivity index (χ1n) is 4.40. The van der Waals surface area contributed by atoms with Crippen LogP contribution in [-0.2, 0) is 0 Å². The fourth-order valence-electron chi connectivity index (χ4n) is 1.47. The monoisotopic (exact) mass is 236 g/mol. The molecule has 0 saturated heterocycles. The molecular formula is C9H8N4S2. The van der Waals surface area contributed by atoms with Gasteiger partial charge in [-0.2, -0.15) is 0 Å². The lowest BCUT2D eigenvalue weighted by Gasteiger charge is -1.86. The molecule has 0 saturated carbocycles. The van der Waals surface area contributed by atoms with Gasteiger partial charge in [0.2, 0.25) is 0 Å². The Kier molecular flexibility index (Phi) is 1.80. The molecule has 0 aliphatic carbocycles. The number of fused-ring (bicyclic) bond motifs is 2. The van der Waals surface area contributed by atoms with Crippen molar-refractivity contribution >= 4 is 53.4 Å². The van der Waals surface area contributed by atoms with E-state index in [1.807, 2.05) is 19.2 Å². The molecule has 0 atom stereocenters. The number of nitrogens with one attached hydrogen (secondary N) is 1. The lowest BCUT2D eigenvalue weighted by atomic mass is 10.3. The molecule has 0 amide bonds. The minimum absolute atomic E-state index is 0.608. The van der Waals surface area contributed by atoms with Crippen molar-refractivity contribution in [2.75, 3.05) is 18.1 Å². The SMILES string of the molecule is CNc1nc2cc3sc(N)nc3cc2s1. The summed E-state index contributed by atoms with van der Waals surface area (Å²) in [6.45, 7) is 0. The zero-order valence-electron chi connectivity index (χ0n) is 7.94. The van der Waals surface area contributed by atoms with E-state index < -0.39 is 0 Å². The van der Waals surface area contributed by atoms with E-state index in [0.29, 0.717) is 5.13 Å². The van der Waals surface area contributed by atoms with Crippen LogP contribution in [-0.4, -0.2) is 17.0 Å². The van der Waals surface area contributed by atoms with Gasteiger partial charge >= 0.3 is 0 Å². The van der Waals surface area contributed by atoms with Gasteiger partial charge in [-0.15, -0.1) is 0 Å². The van der Waals surface area contributed by atoms with Crippen LogP contribution in [0.1, 0.15) is 0 Å². The van der Waals surface area contributed by atoms with Crippen LogP contribution in [0.2, 0.25) is 0 Å². The summed E-state index contributed by atoms with van der Waals surface area (Å²) in [5.74, 6) is 0. The number of nitrogens with zero attached hydrogens (tertiary/aromatic N) is 2. The van der Waals surface area contributed by atoms with Crippen LogP contribution in [0.4, 0.5) is 10.3 Å². The number of thiazole rings is 2. The van der Waals surface area contributed by atoms with Crippen molar-refractivity contribution in [1.29, 1.82) is 0 Å². The van der Waals surface area contributed by atoms with Crippen LogP contribution in [0.25, 0.3) is 20.4 Å². The summed E-state index contributed by atoms with van der Waals surface area (Å²) in [6, 6.07) is 4.08. The van der Waals surface area contributed by atoms with Gasteiger partial charge < -0.3 is 11.1 Å². The Balaban J connectivity index is 2.37. The summed E-state index contributed by atoms with van der Waals surface area (Å²) in [7, 11) is 1.87. The number of nitrogen functional groups attached to an aromatic ring is 1. The van der Waals surface area contributed by atoms with Gasteiger partial charge in [0, 0.05) is 7.05 Å². The first kappa shape index (κ1) is 8.87. The first-order chi connectivity index (χ1) is 7.26. The van der Waals surface area contributed by atoms with E-state index in [0.717, 1.165) is 25.6 Å². The number of benzene rings is 1. The number of rotatable bonds is 1. The summed E-state index contributed by atoms with van der Waals surface area (Å²) in [4.78, 5) is 8.69. The van der Waals surface area contributed by atoms with E-state index >= 15 is 0 Å². The fraction of sp³-hybridized carbons (Fsp3) is 0.111. The van der Waals surface area contributed by atoms with Crippen LogP contribution in [0.3, 0.4) is 0 Å². The third kappa shape index (κ3) is 1.33. The lowest BCUT2D eigenvalue weighted by Crippen LogP contribution is -1.83. The second-order valence-electron chi connectivity index (χ2n) is 3.11. The highest BCUT2D eigenvalue weighted by atomic mass is 32.1. The number of aromatic nitrogens is 2. The molecule has 15 heavy (non-hydrogen) atoms. The van der Waals surface area contributed by atoms with Crippen molar-refractivity contribution in [2.45, 2.75) is 0 Å². The predicted octanol–water partition coefficient (Wildman–Crippen LogP) is 2.53. The lowest BCUT2D eigenvalue weighted by molar-refractivity contribution is 1.42. The molecule has 2 aromatic heterocycles. The maximum Gasteiger partial charge on any atom is 0.183 e. The smallest absolute Gasteiger partial charge is 0.183 e. The van der Waals surface area contributed by atoms with Crippen molar-refractivity contribution in [3.05, 3.63) is 12.1 Å². The van der Waals surface area contributed by atoms with Gasteiger partial charge in [0.25, 0.3) is 0 Å². The van der Waals surface area contributed by atoms with E-state index in [4.69, 9.17) is 5.73 Å². The topological polar surface area (TPSA) is 63.8 Å². The molecule has 6 heteroatoms. The quantitative estimate of drug-likeness (QED) is 0.681. The third-order valence-corrected chi connectivity index (χ3v) is 4.01. The molecule has 3 aromatic rings. The minimum atomic E-state index is 0.608. The van der Waals surface area contributed by atoms with Crippen molar-refractivity contribution in [3.63, 3.8) is 0 Å². The second kappa shape index (κ2) is 3.04. The van der Waals surface area contributed by atoms with Gasteiger partial charge in [-0.3, -0.25) is 0 Å². The maximum absolute atomic E-state index is 5.66. The highest BCUT2D eigenvalue weighted by molar-refractivity contribution is 7.23. The average Bonchev–Trinajstić information content (AvgIpc) is 2.74. The molecule has 0 radical (unpaired) electrons. The van der Waals surface area contributed by atoms with Gasteiger partial charge in [0.15, 0.2) is 10.3 Å². The molecule has 0 bridgehead atoms. The molecule has 2 heterocycles. The van der Waals surface area contributed by atoms with Gasteiger partial charge in [0.1, 0.15) is 0 Å². The summed E-state index contributed by atoms with van der Waals surface area (Å²) < 4.78 is 2.23. The summed E-state index contributed by atoms with van der Waals surface area (Å²) in [5, 5.41) is 4.57. The molecule has 0 aliphatic heterocycles. The largest absolute Gasteiger partial charge is 0.375 e. The molecule has 0 fully saturated rings. The Labute approximate surface area is 93.8 Å². The van der Waals surface area contributed by atoms with E-state index in [2.05, 4.69) is 15.3 Å². The van der Waals surface area contributed by atoms with Crippen molar-refractivity contribution in [3.8, 4) is 0 Å². The summed E-state index contributed by atoms with van der Waals surface area (Å²) in [5.41, 5.74) is 7.61. The molecule has 3 N–H and O–H groups in total. The first-order valence-corrected chi connectivity index (χ1v) is 6.04. The highest BCUT2D eigenvalue weighted by Gasteiger charge is 2.07. The molecule has 3 rings (SSSR count). The van der Waals surface area contributed by atoms with Crippen LogP contribution >= 0.6 is 22.7 Å². The van der Waals surface area contributed by atoms with E-state index in [9.17, 15) is 0 Å². The average molecular weight is 236 g/mol. The van der Waals surface area contributed by atoms with Gasteiger partial charge in [-0.1, -0.05) is 22.7 Å². The Morgan fingerprint density at radius 2 is 1.80 bits per heavy atom. The zero-order valence-corrected chi connectivity index (χ0v) is 9.58. The normalized spacial score (nSPS) is 11.3. The van der Waals surface area contributed by atoms with E-state index in [1.54, 1.807) is 11.3 Å². The number of hydrogen-bond acceptors (Lipinski definition) is 6. The molecular weight excluding hydrogens is 228 g/mol. The Bertz CT molecular complexity index is 589. The van der Waals surface area contributed by atoms with Crippen molar-refractivity contribution < 1.29 is 0 Å². The number of hydrogen-bond donors (Lipinski definition) is 2. The molecule has 1 aromatic carbocycles. The number of nitrogens with two attached hydrogens (primary N) is 1. The Hall–Kier alpha value is -1.40. The molecule has 76 valence electrons. The Morgan fingerprint density at radius 3 is 2.53 bits per heavy atom. The molecule has 0 spiro atoms. The van der Waals surface area contributed by atoms with Crippen molar-refractivity contribution in [2.24, 2.45) is 0 Å². The van der Waals surface area contributed by atoms with Crippen molar-refractivity contribution in [1.82, 2.24) is 9.97 Å². The maximum atomic E-state index is 5.66. The minimum Gasteiger partial charge on any atom is -0.375 e. The predicted molar refractivity (Wildman–Crippen MR) is 66.8 cm³/mol. The third-order valence-electron chi connectivity index (χ3n) is 2.13. The van der Waals surface area contributed by atoms with Crippen LogP contribution in [0.5, 0.6) is 0 Å². The molecule has 4 nitrogen and oxygen atoms in total. The molecule has 0 unspecified atom stereocenters. The van der Waals surface area contributed by atoms with Crippen LogP contribution < -0.4 is 11.1 Å². The second-order valence-corrected chi connectivity index (χ2v) is 5.20. The molecule has 0 aliphatic rings. The van der Waals surface area contributed by atoms with Crippen LogP contribution in [0, 0.1) is 0 Å². The standard InChI is InChI=1S/C9H8N4S2/c1-11-9-13-5-3-6-4(2-7(5)15-9)12-8(10)14-6/h2-3H,1H3,(H2,10,12)(H,11,13). The van der Waals surface area contributed by atoms with E-state index in [1.165, 1.54) is 11.3 Å². The van der Waals surface area contributed by atoms with Gasteiger partial charge in [0.05, 0.1) is 20.4 Å². The fourth-order valence-corrected chi connectivity index (χ4v) is 3.06. The van der Waals surface area contributed by atoms with Gasteiger partial charge in [-0.25, -0.2) is 9.97 Å². The number of anilines is 2.